The molecule has 3 heterocycles. The smallest absolute Gasteiger partial charge is 0.259 e. The van der Waals surface area contributed by atoms with Crippen LogP contribution in [0.3, 0.4) is 0 Å². The van der Waals surface area contributed by atoms with Crippen LogP contribution in [0.1, 0.15) is 6.92 Å². The van der Waals surface area contributed by atoms with Crippen LogP contribution in [0.25, 0.3) is 22.0 Å². The standard InChI is InChI=1S/C15H16N6O2/c1-8(22)5-18-13-12-9(2-3-17-14(12)23)4-11(21-13)10-6-19-15(16)20-7-10/h2-4,6-8,22H,5H2,1H3,(H,17,23)(H,18,21)(H2,16,19,20). The van der Waals surface area contributed by atoms with E-state index in [4.69, 9.17) is 5.73 Å². The minimum Gasteiger partial charge on any atom is -0.392 e. The Morgan fingerprint density at radius 2 is 2.13 bits per heavy atom. The van der Waals surface area contributed by atoms with Crippen LogP contribution in [-0.4, -0.2) is 37.7 Å². The number of pyridine rings is 2. The molecule has 3 aromatic heterocycles. The second-order valence-electron chi connectivity index (χ2n) is 5.19. The first-order chi connectivity index (χ1) is 11.0. The fraction of sp³-hybridized carbons (Fsp3) is 0.200. The molecule has 0 saturated heterocycles. The number of rotatable bonds is 4. The number of hydrogen-bond acceptors (Lipinski definition) is 7. The van der Waals surface area contributed by atoms with Gasteiger partial charge in [0.1, 0.15) is 5.82 Å². The van der Waals surface area contributed by atoms with Crippen LogP contribution >= 0.6 is 0 Å². The number of anilines is 2. The molecule has 3 aromatic rings. The Labute approximate surface area is 131 Å². The average Bonchev–Trinajstić information content (AvgIpc) is 2.53. The van der Waals surface area contributed by atoms with E-state index in [-0.39, 0.29) is 18.1 Å². The number of fused-ring (bicyclic) bond motifs is 1. The van der Waals surface area contributed by atoms with Gasteiger partial charge in [0.15, 0.2) is 0 Å². The van der Waals surface area contributed by atoms with Gasteiger partial charge in [0.05, 0.1) is 17.2 Å². The fourth-order valence-electron chi connectivity index (χ4n) is 2.20. The zero-order valence-corrected chi connectivity index (χ0v) is 12.4. The number of nitrogens with zero attached hydrogens (tertiary/aromatic N) is 3. The van der Waals surface area contributed by atoms with Crippen molar-refractivity contribution in [3.8, 4) is 11.3 Å². The van der Waals surface area contributed by atoms with Gasteiger partial charge >= 0.3 is 0 Å². The molecule has 5 N–H and O–H groups in total. The molecule has 0 spiro atoms. The molecule has 0 fully saturated rings. The van der Waals surface area contributed by atoms with Gasteiger partial charge in [0.25, 0.3) is 5.56 Å². The van der Waals surface area contributed by atoms with Crippen LogP contribution in [0.15, 0.2) is 35.5 Å². The zero-order chi connectivity index (χ0) is 16.4. The van der Waals surface area contributed by atoms with Crippen LogP contribution in [0.2, 0.25) is 0 Å². The van der Waals surface area contributed by atoms with Crippen molar-refractivity contribution < 1.29 is 5.11 Å². The number of nitrogen functional groups attached to an aromatic ring is 1. The first-order valence-corrected chi connectivity index (χ1v) is 7.07. The van der Waals surface area contributed by atoms with Crippen LogP contribution in [0.4, 0.5) is 11.8 Å². The summed E-state index contributed by atoms with van der Waals surface area (Å²) in [7, 11) is 0. The first kappa shape index (κ1) is 14.9. The normalized spacial score (nSPS) is 12.3. The van der Waals surface area contributed by atoms with Gasteiger partial charge < -0.3 is 21.1 Å². The Morgan fingerprint density at radius 3 is 2.83 bits per heavy atom. The van der Waals surface area contributed by atoms with E-state index in [9.17, 15) is 9.90 Å². The van der Waals surface area contributed by atoms with Crippen LogP contribution < -0.4 is 16.6 Å². The van der Waals surface area contributed by atoms with Gasteiger partial charge in [-0.25, -0.2) is 15.0 Å². The third-order valence-corrected chi connectivity index (χ3v) is 3.29. The second-order valence-corrected chi connectivity index (χ2v) is 5.19. The van der Waals surface area contributed by atoms with Gasteiger partial charge in [-0.1, -0.05) is 0 Å². The van der Waals surface area contributed by atoms with Crippen molar-refractivity contribution in [2.75, 3.05) is 17.6 Å². The molecule has 1 atom stereocenters. The van der Waals surface area contributed by atoms with Gasteiger partial charge in [-0.15, -0.1) is 0 Å². The second kappa shape index (κ2) is 6.01. The number of nitrogens with two attached hydrogens (primary N) is 1. The molecule has 0 radical (unpaired) electrons. The lowest BCUT2D eigenvalue weighted by atomic mass is 10.1. The van der Waals surface area contributed by atoms with Gasteiger partial charge in [-0.3, -0.25) is 4.79 Å². The maximum Gasteiger partial charge on any atom is 0.259 e. The van der Waals surface area contributed by atoms with Crippen molar-refractivity contribution in [3.63, 3.8) is 0 Å². The van der Waals surface area contributed by atoms with E-state index in [2.05, 4.69) is 25.3 Å². The summed E-state index contributed by atoms with van der Waals surface area (Å²) >= 11 is 0. The Morgan fingerprint density at radius 1 is 1.39 bits per heavy atom. The van der Waals surface area contributed by atoms with Crippen molar-refractivity contribution in [3.05, 3.63) is 41.1 Å². The van der Waals surface area contributed by atoms with Gasteiger partial charge in [0, 0.05) is 30.7 Å². The van der Waals surface area contributed by atoms with Gasteiger partial charge in [0.2, 0.25) is 5.95 Å². The predicted molar refractivity (Wildman–Crippen MR) is 88.0 cm³/mol. The average molecular weight is 312 g/mol. The molecule has 3 rings (SSSR count). The summed E-state index contributed by atoms with van der Waals surface area (Å²) in [6.45, 7) is 1.93. The molecular formula is C15H16N6O2. The monoisotopic (exact) mass is 312 g/mol. The minimum atomic E-state index is -0.571. The summed E-state index contributed by atoms with van der Waals surface area (Å²) in [4.78, 5) is 27.1. The number of aromatic amines is 1. The maximum atomic E-state index is 12.1. The molecule has 0 aromatic carbocycles. The van der Waals surface area contributed by atoms with Crippen LogP contribution in [0.5, 0.6) is 0 Å². The quantitative estimate of drug-likeness (QED) is 0.559. The molecule has 0 aliphatic heterocycles. The molecule has 0 amide bonds. The van der Waals surface area contributed by atoms with Crippen molar-refractivity contribution >= 4 is 22.5 Å². The van der Waals surface area contributed by atoms with Crippen LogP contribution in [-0.2, 0) is 0 Å². The molecule has 23 heavy (non-hydrogen) atoms. The molecule has 8 heteroatoms. The Bertz CT molecular complexity index is 889. The Kier molecular flexibility index (Phi) is 3.90. The molecule has 8 nitrogen and oxygen atoms in total. The number of nitrogens with one attached hydrogen (secondary N) is 2. The molecule has 0 aliphatic carbocycles. The lowest BCUT2D eigenvalue weighted by molar-refractivity contribution is 0.208. The van der Waals surface area contributed by atoms with E-state index in [0.29, 0.717) is 22.5 Å². The summed E-state index contributed by atoms with van der Waals surface area (Å²) in [6.07, 6.45) is 4.15. The van der Waals surface area contributed by atoms with E-state index < -0.39 is 6.10 Å². The third kappa shape index (κ3) is 3.11. The number of H-pyrrole nitrogens is 1. The Hall–Kier alpha value is -3.00. The van der Waals surface area contributed by atoms with Crippen molar-refractivity contribution in [2.24, 2.45) is 0 Å². The topological polar surface area (TPSA) is 130 Å². The highest BCUT2D eigenvalue weighted by Crippen LogP contribution is 2.25. The van der Waals surface area contributed by atoms with E-state index in [0.717, 1.165) is 5.39 Å². The lowest BCUT2D eigenvalue weighted by Crippen LogP contribution is -2.18. The van der Waals surface area contributed by atoms with Gasteiger partial charge in [-0.2, -0.15) is 0 Å². The highest BCUT2D eigenvalue weighted by Gasteiger charge is 2.11. The zero-order valence-electron chi connectivity index (χ0n) is 12.4. The molecule has 1 unspecified atom stereocenters. The molecule has 118 valence electrons. The van der Waals surface area contributed by atoms with Gasteiger partial charge in [-0.05, 0) is 24.4 Å². The van der Waals surface area contributed by atoms with Crippen molar-refractivity contribution in [1.29, 1.82) is 0 Å². The van der Waals surface area contributed by atoms with Crippen molar-refractivity contribution in [2.45, 2.75) is 13.0 Å². The van der Waals surface area contributed by atoms with Crippen molar-refractivity contribution in [1.82, 2.24) is 19.9 Å². The SMILES string of the molecule is CC(O)CNc1nc(-c2cnc(N)nc2)cc2cc[nH]c(=O)c12. The number of aromatic nitrogens is 4. The number of hydrogen-bond donors (Lipinski definition) is 4. The molecule has 0 saturated carbocycles. The van der Waals surface area contributed by atoms with E-state index in [1.807, 2.05) is 0 Å². The molecular weight excluding hydrogens is 296 g/mol. The number of aliphatic hydroxyl groups is 1. The fourth-order valence-corrected chi connectivity index (χ4v) is 2.20. The maximum absolute atomic E-state index is 12.1. The number of aliphatic hydroxyl groups excluding tert-OH is 1. The molecule has 0 bridgehead atoms. The summed E-state index contributed by atoms with van der Waals surface area (Å²) in [5, 5.41) is 13.6. The van der Waals surface area contributed by atoms with Crippen LogP contribution in [0, 0.1) is 0 Å². The van der Waals surface area contributed by atoms with E-state index in [1.54, 1.807) is 37.6 Å². The highest BCUT2D eigenvalue weighted by atomic mass is 16.3. The Balaban J connectivity index is 2.17. The predicted octanol–water partition coefficient (Wildman–Crippen LogP) is 0.755. The third-order valence-electron chi connectivity index (χ3n) is 3.29. The summed E-state index contributed by atoms with van der Waals surface area (Å²) in [5.41, 5.74) is 6.54. The van der Waals surface area contributed by atoms with E-state index in [1.165, 1.54) is 0 Å². The highest BCUT2D eigenvalue weighted by molar-refractivity contribution is 5.93. The first-order valence-electron chi connectivity index (χ1n) is 7.07. The molecule has 0 aliphatic rings. The van der Waals surface area contributed by atoms with E-state index >= 15 is 0 Å². The minimum absolute atomic E-state index is 0.179. The lowest BCUT2D eigenvalue weighted by Gasteiger charge is -2.12. The largest absolute Gasteiger partial charge is 0.392 e. The summed E-state index contributed by atoms with van der Waals surface area (Å²) < 4.78 is 0. The summed E-state index contributed by atoms with van der Waals surface area (Å²) in [5.74, 6) is 0.579. The summed E-state index contributed by atoms with van der Waals surface area (Å²) in [6, 6.07) is 3.57.